The van der Waals surface area contributed by atoms with Gasteiger partial charge in [-0.1, -0.05) is 12.1 Å². The van der Waals surface area contributed by atoms with Crippen molar-refractivity contribution in [2.24, 2.45) is 0 Å². The SMILES string of the molecule is CC(C)(C)OC(=O)N[C@@H]1C[C@@H](O)CN(Cc2ccc(OCCOCCO)cc2)C[C@H]1O. The zero-order chi connectivity index (χ0) is 22.9. The van der Waals surface area contributed by atoms with Crippen molar-refractivity contribution in [3.8, 4) is 5.75 Å². The molecule has 4 N–H and O–H groups in total. The predicted octanol–water partition coefficient (Wildman–Crippen LogP) is 0.895. The molecule has 31 heavy (non-hydrogen) atoms. The molecule has 9 nitrogen and oxygen atoms in total. The first-order valence-corrected chi connectivity index (χ1v) is 10.6. The molecule has 0 bridgehead atoms. The lowest BCUT2D eigenvalue weighted by Gasteiger charge is -2.26. The van der Waals surface area contributed by atoms with Crippen LogP contribution in [0.3, 0.4) is 0 Å². The molecule has 0 spiro atoms. The molecular weight excluding hydrogens is 404 g/mol. The Labute approximate surface area is 183 Å². The molecule has 1 aromatic rings. The number of hydrogen-bond donors (Lipinski definition) is 4. The number of benzene rings is 1. The molecule has 9 heteroatoms. The van der Waals surface area contributed by atoms with E-state index in [1.165, 1.54) is 0 Å². The first-order valence-electron chi connectivity index (χ1n) is 10.6. The molecule has 2 rings (SSSR count). The fourth-order valence-electron chi connectivity index (χ4n) is 3.37. The van der Waals surface area contributed by atoms with Crippen LogP contribution in [0.1, 0.15) is 32.8 Å². The third-order valence-electron chi connectivity index (χ3n) is 4.67. The maximum Gasteiger partial charge on any atom is 0.407 e. The van der Waals surface area contributed by atoms with Crippen LogP contribution in [-0.2, 0) is 16.0 Å². The number of β-amino-alcohol motifs (C(OH)–C–C–N with tert-alkyl or cyclic N) is 2. The van der Waals surface area contributed by atoms with Crippen LogP contribution in [0, 0.1) is 0 Å². The van der Waals surface area contributed by atoms with Gasteiger partial charge in [-0.2, -0.15) is 0 Å². The van der Waals surface area contributed by atoms with Gasteiger partial charge in [-0.15, -0.1) is 0 Å². The number of carbonyl (C=O) groups excluding carboxylic acids is 1. The number of rotatable bonds is 9. The molecule has 176 valence electrons. The molecule has 0 aromatic heterocycles. The van der Waals surface area contributed by atoms with Crippen molar-refractivity contribution in [3.05, 3.63) is 29.8 Å². The van der Waals surface area contributed by atoms with Crippen LogP contribution in [0.5, 0.6) is 5.75 Å². The summed E-state index contributed by atoms with van der Waals surface area (Å²) in [6.07, 6.45) is -1.86. The molecule has 1 aromatic carbocycles. The minimum Gasteiger partial charge on any atom is -0.491 e. The van der Waals surface area contributed by atoms with E-state index in [2.05, 4.69) is 5.32 Å². The van der Waals surface area contributed by atoms with E-state index in [1.807, 2.05) is 29.2 Å². The Morgan fingerprint density at radius 2 is 1.84 bits per heavy atom. The third kappa shape index (κ3) is 9.84. The van der Waals surface area contributed by atoms with Gasteiger partial charge in [0.05, 0.1) is 38.1 Å². The second-order valence-corrected chi connectivity index (χ2v) is 8.73. The number of alkyl carbamates (subject to hydrolysis) is 1. The molecule has 1 amide bonds. The summed E-state index contributed by atoms with van der Waals surface area (Å²) in [5.41, 5.74) is 0.383. The van der Waals surface area contributed by atoms with Crippen molar-refractivity contribution in [1.29, 1.82) is 0 Å². The predicted molar refractivity (Wildman–Crippen MR) is 115 cm³/mol. The van der Waals surface area contributed by atoms with Gasteiger partial charge < -0.3 is 34.8 Å². The van der Waals surface area contributed by atoms with Crippen molar-refractivity contribution < 1.29 is 34.3 Å². The molecule has 3 atom stereocenters. The normalized spacial score (nSPS) is 22.6. The van der Waals surface area contributed by atoms with E-state index >= 15 is 0 Å². The number of aliphatic hydroxyl groups is 3. The summed E-state index contributed by atoms with van der Waals surface area (Å²) in [5, 5.41) is 32.3. The van der Waals surface area contributed by atoms with Gasteiger partial charge in [-0.3, -0.25) is 4.90 Å². The van der Waals surface area contributed by atoms with Gasteiger partial charge in [0, 0.05) is 19.6 Å². The van der Waals surface area contributed by atoms with E-state index in [-0.39, 0.29) is 13.0 Å². The molecule has 1 fully saturated rings. The van der Waals surface area contributed by atoms with E-state index in [9.17, 15) is 15.0 Å². The summed E-state index contributed by atoms with van der Waals surface area (Å²) in [7, 11) is 0. The second-order valence-electron chi connectivity index (χ2n) is 8.73. The maximum atomic E-state index is 12.1. The van der Waals surface area contributed by atoms with Crippen molar-refractivity contribution in [1.82, 2.24) is 10.2 Å². The molecule has 0 aliphatic carbocycles. The minimum absolute atomic E-state index is 0.00754. The van der Waals surface area contributed by atoms with Crippen molar-refractivity contribution in [3.63, 3.8) is 0 Å². The molecule has 0 saturated carbocycles. The number of hydrogen-bond acceptors (Lipinski definition) is 8. The molecule has 1 heterocycles. The van der Waals surface area contributed by atoms with Gasteiger partial charge in [0.25, 0.3) is 0 Å². The summed E-state index contributed by atoms with van der Waals surface area (Å²) < 4.78 is 16.0. The Morgan fingerprint density at radius 1 is 1.13 bits per heavy atom. The first kappa shape index (κ1) is 25.4. The highest BCUT2D eigenvalue weighted by atomic mass is 16.6. The van der Waals surface area contributed by atoms with Crippen molar-refractivity contribution in [2.75, 3.05) is 39.5 Å². The third-order valence-corrected chi connectivity index (χ3v) is 4.67. The topological polar surface area (TPSA) is 121 Å². The van der Waals surface area contributed by atoms with Gasteiger partial charge >= 0.3 is 6.09 Å². The van der Waals surface area contributed by atoms with Gasteiger partial charge in [0.1, 0.15) is 18.0 Å². The van der Waals surface area contributed by atoms with Crippen LogP contribution >= 0.6 is 0 Å². The van der Waals surface area contributed by atoms with Crippen LogP contribution in [-0.4, -0.2) is 89.7 Å². The Morgan fingerprint density at radius 3 is 2.48 bits per heavy atom. The van der Waals surface area contributed by atoms with Crippen LogP contribution in [0.4, 0.5) is 4.79 Å². The van der Waals surface area contributed by atoms with Crippen molar-refractivity contribution in [2.45, 2.75) is 57.6 Å². The van der Waals surface area contributed by atoms with Gasteiger partial charge in [0.15, 0.2) is 0 Å². The molecule has 1 saturated heterocycles. The minimum atomic E-state index is -0.828. The van der Waals surface area contributed by atoms with E-state index in [0.29, 0.717) is 45.2 Å². The number of nitrogens with one attached hydrogen (secondary N) is 1. The molecule has 1 aliphatic rings. The number of nitrogens with zero attached hydrogens (tertiary/aromatic N) is 1. The smallest absolute Gasteiger partial charge is 0.407 e. The number of amides is 1. The van der Waals surface area contributed by atoms with Crippen LogP contribution in [0.15, 0.2) is 24.3 Å². The van der Waals surface area contributed by atoms with Gasteiger partial charge in [-0.25, -0.2) is 4.79 Å². The highest BCUT2D eigenvalue weighted by Crippen LogP contribution is 2.18. The summed E-state index contributed by atoms with van der Waals surface area (Å²) >= 11 is 0. The van der Waals surface area contributed by atoms with Gasteiger partial charge in [-0.05, 0) is 44.9 Å². The Kier molecular flexibility index (Phi) is 9.98. The molecule has 0 unspecified atom stereocenters. The standard InChI is InChI=1S/C22H36N2O7/c1-22(2,3)31-21(28)23-19-12-17(26)14-24(15-20(19)27)13-16-4-6-18(7-5-16)30-11-10-29-9-8-25/h4-7,17,19-20,25-27H,8-15H2,1-3H3,(H,23,28)/t17-,19-,20-/m1/s1. The zero-order valence-electron chi connectivity index (χ0n) is 18.6. The van der Waals surface area contributed by atoms with Gasteiger partial charge in [0.2, 0.25) is 0 Å². The lowest BCUT2D eigenvalue weighted by atomic mass is 10.1. The molecular formula is C22H36N2O7. The fraction of sp³-hybridized carbons (Fsp3) is 0.682. The summed E-state index contributed by atoms with van der Waals surface area (Å²) in [6.45, 7) is 7.67. The van der Waals surface area contributed by atoms with E-state index in [1.54, 1.807) is 20.8 Å². The summed E-state index contributed by atoms with van der Waals surface area (Å²) in [5.74, 6) is 0.717. The number of carbonyl (C=O) groups is 1. The van der Waals surface area contributed by atoms with E-state index < -0.39 is 29.9 Å². The molecule has 1 aliphatic heterocycles. The summed E-state index contributed by atoms with van der Waals surface area (Å²) in [4.78, 5) is 14.0. The van der Waals surface area contributed by atoms with Crippen LogP contribution in [0.2, 0.25) is 0 Å². The highest BCUT2D eigenvalue weighted by Gasteiger charge is 2.32. The average molecular weight is 441 g/mol. The van der Waals surface area contributed by atoms with E-state index in [4.69, 9.17) is 19.3 Å². The van der Waals surface area contributed by atoms with E-state index in [0.717, 1.165) is 5.56 Å². The Bertz CT molecular complexity index is 663. The lowest BCUT2D eigenvalue weighted by Crippen LogP contribution is -2.48. The Balaban J connectivity index is 1.85. The van der Waals surface area contributed by atoms with Crippen molar-refractivity contribution >= 4 is 6.09 Å². The molecule has 0 radical (unpaired) electrons. The van der Waals surface area contributed by atoms with Crippen LogP contribution in [0.25, 0.3) is 0 Å². The highest BCUT2D eigenvalue weighted by molar-refractivity contribution is 5.68. The zero-order valence-corrected chi connectivity index (χ0v) is 18.6. The summed E-state index contributed by atoms with van der Waals surface area (Å²) in [6, 6.07) is 7.00. The maximum absolute atomic E-state index is 12.1. The number of ether oxygens (including phenoxy) is 3. The lowest BCUT2D eigenvalue weighted by molar-refractivity contribution is 0.0384. The monoisotopic (exact) mass is 440 g/mol. The Hall–Kier alpha value is -1.91. The largest absolute Gasteiger partial charge is 0.491 e. The quantitative estimate of drug-likeness (QED) is 0.418. The average Bonchev–Trinajstić information content (AvgIpc) is 2.79. The van der Waals surface area contributed by atoms with Crippen LogP contribution < -0.4 is 10.1 Å². The first-order chi connectivity index (χ1) is 14.7. The number of likely N-dealkylation sites (tertiary alicyclic amines) is 1. The number of aliphatic hydroxyl groups excluding tert-OH is 3. The fourth-order valence-corrected chi connectivity index (χ4v) is 3.37. The second kappa shape index (κ2) is 12.2.